The molecule has 2 N–H and O–H groups in total. The van der Waals surface area contributed by atoms with Crippen LogP contribution in [0.2, 0.25) is 0 Å². The van der Waals surface area contributed by atoms with Gasteiger partial charge in [-0.2, -0.15) is 0 Å². The van der Waals surface area contributed by atoms with Gasteiger partial charge < -0.3 is 29.7 Å². The topological polar surface area (TPSA) is 93.7 Å². The number of nitrogens with one attached hydrogen (secondary N) is 2. The number of aromatic nitrogens is 3. The number of methoxy groups -OCH3 is 1. The third-order valence-corrected chi connectivity index (χ3v) is 5.87. The molecule has 0 amide bonds. The van der Waals surface area contributed by atoms with Crippen molar-refractivity contribution in [3.05, 3.63) is 53.5 Å². The first-order valence-corrected chi connectivity index (χ1v) is 11.2. The third-order valence-electron chi connectivity index (χ3n) is 5.87. The number of hydrogen-bond acceptors (Lipinski definition) is 9. The van der Waals surface area contributed by atoms with Gasteiger partial charge in [0.2, 0.25) is 11.8 Å². The Morgan fingerprint density at radius 2 is 2.03 bits per heavy atom. The number of ether oxygens (including phenoxy) is 3. The van der Waals surface area contributed by atoms with E-state index in [1.165, 1.54) is 5.56 Å². The van der Waals surface area contributed by atoms with Crippen LogP contribution in [-0.4, -0.2) is 55.0 Å². The highest BCUT2D eigenvalue weighted by atomic mass is 16.5. The molecule has 5 rings (SSSR count). The predicted octanol–water partition coefficient (Wildman–Crippen LogP) is 3.32. The summed E-state index contributed by atoms with van der Waals surface area (Å²) in [5.74, 6) is 2.07. The van der Waals surface area contributed by atoms with Crippen molar-refractivity contribution in [1.29, 1.82) is 0 Å². The van der Waals surface area contributed by atoms with E-state index in [1.807, 2.05) is 36.7 Å². The Balaban J connectivity index is 1.29. The summed E-state index contributed by atoms with van der Waals surface area (Å²) in [6.45, 7) is 6.25. The number of benzene rings is 1. The van der Waals surface area contributed by atoms with E-state index in [0.29, 0.717) is 38.2 Å². The molecular formula is C24H28N6O3. The van der Waals surface area contributed by atoms with Crippen LogP contribution in [-0.2, 0) is 17.7 Å². The van der Waals surface area contributed by atoms with Crippen LogP contribution in [0.25, 0.3) is 0 Å². The Morgan fingerprint density at radius 1 is 1.15 bits per heavy atom. The van der Waals surface area contributed by atoms with Crippen molar-refractivity contribution in [2.24, 2.45) is 0 Å². The van der Waals surface area contributed by atoms with Gasteiger partial charge in [0.15, 0.2) is 0 Å². The van der Waals surface area contributed by atoms with E-state index in [0.717, 1.165) is 53.6 Å². The zero-order chi connectivity index (χ0) is 22.6. The molecule has 0 spiro atoms. The second-order valence-corrected chi connectivity index (χ2v) is 8.05. The molecule has 172 valence electrons. The van der Waals surface area contributed by atoms with Gasteiger partial charge in [-0.3, -0.25) is 0 Å². The van der Waals surface area contributed by atoms with Gasteiger partial charge in [-0.1, -0.05) is 0 Å². The standard InChI is InChI=1S/C24H28N6O3/c1-16-21(14-26-23-22(16)25-8-10-33-23)30-9-7-17-13-27-24(29-20(17)15-30)28-18-3-5-19(6-4-18)32-12-11-31-2/h3-6,13-14,25H,7-12,15H2,1-2H3,(H,27,28,29). The van der Waals surface area contributed by atoms with Crippen LogP contribution in [0.1, 0.15) is 16.8 Å². The van der Waals surface area contributed by atoms with Crippen LogP contribution < -0.4 is 25.0 Å². The quantitative estimate of drug-likeness (QED) is 0.528. The number of pyridine rings is 1. The molecule has 0 saturated heterocycles. The van der Waals surface area contributed by atoms with Crippen LogP contribution in [0.5, 0.6) is 11.6 Å². The highest BCUT2D eigenvalue weighted by Gasteiger charge is 2.24. The number of anilines is 4. The summed E-state index contributed by atoms with van der Waals surface area (Å²) in [6, 6.07) is 7.74. The molecule has 1 aromatic carbocycles. The molecule has 0 saturated carbocycles. The van der Waals surface area contributed by atoms with Crippen LogP contribution in [0.4, 0.5) is 23.0 Å². The molecular weight excluding hydrogens is 420 g/mol. The van der Waals surface area contributed by atoms with Crippen LogP contribution in [0.3, 0.4) is 0 Å². The van der Waals surface area contributed by atoms with E-state index in [4.69, 9.17) is 19.2 Å². The van der Waals surface area contributed by atoms with E-state index in [9.17, 15) is 0 Å². The lowest BCUT2D eigenvalue weighted by molar-refractivity contribution is 0.146. The number of nitrogens with zero attached hydrogens (tertiary/aromatic N) is 4. The van der Waals surface area contributed by atoms with Crippen molar-refractivity contribution < 1.29 is 14.2 Å². The molecule has 9 heteroatoms. The molecule has 4 heterocycles. The monoisotopic (exact) mass is 448 g/mol. The summed E-state index contributed by atoms with van der Waals surface area (Å²) in [4.78, 5) is 16.2. The third kappa shape index (κ3) is 4.63. The molecule has 2 aliphatic rings. The second-order valence-electron chi connectivity index (χ2n) is 8.05. The van der Waals surface area contributed by atoms with Gasteiger partial charge in [0, 0.05) is 37.6 Å². The lowest BCUT2D eigenvalue weighted by Crippen LogP contribution is -2.32. The molecule has 0 fully saturated rings. The minimum absolute atomic E-state index is 0.524. The van der Waals surface area contributed by atoms with Crippen molar-refractivity contribution in [3.63, 3.8) is 0 Å². The molecule has 0 unspecified atom stereocenters. The minimum Gasteiger partial charge on any atom is -0.491 e. The largest absolute Gasteiger partial charge is 0.491 e. The van der Waals surface area contributed by atoms with Crippen LogP contribution >= 0.6 is 0 Å². The first-order chi connectivity index (χ1) is 16.2. The maximum atomic E-state index is 5.67. The average molecular weight is 449 g/mol. The Hall–Kier alpha value is -3.59. The first-order valence-electron chi connectivity index (χ1n) is 11.2. The lowest BCUT2D eigenvalue weighted by atomic mass is 10.0. The Kier molecular flexibility index (Phi) is 6.12. The first kappa shape index (κ1) is 21.3. The molecule has 2 aliphatic heterocycles. The van der Waals surface area contributed by atoms with Gasteiger partial charge >= 0.3 is 0 Å². The Morgan fingerprint density at radius 3 is 2.88 bits per heavy atom. The van der Waals surface area contributed by atoms with Crippen molar-refractivity contribution in [2.45, 2.75) is 19.9 Å². The average Bonchev–Trinajstić information content (AvgIpc) is 2.85. The van der Waals surface area contributed by atoms with Gasteiger partial charge in [0.05, 0.1) is 30.7 Å². The van der Waals surface area contributed by atoms with Crippen LogP contribution in [0.15, 0.2) is 36.7 Å². The van der Waals surface area contributed by atoms with Gasteiger partial charge in [-0.15, -0.1) is 0 Å². The predicted molar refractivity (Wildman–Crippen MR) is 127 cm³/mol. The van der Waals surface area contributed by atoms with E-state index in [1.54, 1.807) is 7.11 Å². The molecule has 9 nitrogen and oxygen atoms in total. The van der Waals surface area contributed by atoms with Crippen molar-refractivity contribution in [3.8, 4) is 11.6 Å². The molecule has 2 aromatic heterocycles. The van der Waals surface area contributed by atoms with Gasteiger partial charge in [-0.05, 0) is 43.2 Å². The summed E-state index contributed by atoms with van der Waals surface area (Å²) < 4.78 is 16.3. The molecule has 0 radical (unpaired) electrons. The van der Waals surface area contributed by atoms with E-state index >= 15 is 0 Å². The highest BCUT2D eigenvalue weighted by molar-refractivity contribution is 5.70. The second kappa shape index (κ2) is 9.50. The number of fused-ring (bicyclic) bond motifs is 2. The van der Waals surface area contributed by atoms with Gasteiger partial charge in [0.1, 0.15) is 24.7 Å². The Labute approximate surface area is 193 Å². The van der Waals surface area contributed by atoms with E-state index in [-0.39, 0.29) is 0 Å². The summed E-state index contributed by atoms with van der Waals surface area (Å²) in [5, 5.41) is 6.71. The molecule has 0 atom stereocenters. The smallest absolute Gasteiger partial charge is 0.237 e. The molecule has 0 aliphatic carbocycles. The SMILES string of the molecule is COCCOc1ccc(Nc2ncc3c(n2)CN(c2cnc4c(c2C)NCCO4)CC3)cc1. The maximum absolute atomic E-state index is 5.67. The van der Waals surface area contributed by atoms with E-state index in [2.05, 4.69) is 32.4 Å². The number of hydrogen-bond donors (Lipinski definition) is 2. The molecule has 0 bridgehead atoms. The lowest BCUT2D eigenvalue weighted by Gasteiger charge is -2.32. The highest BCUT2D eigenvalue weighted by Crippen LogP contribution is 2.36. The van der Waals surface area contributed by atoms with Crippen molar-refractivity contribution in [1.82, 2.24) is 15.0 Å². The molecule has 33 heavy (non-hydrogen) atoms. The summed E-state index contributed by atoms with van der Waals surface area (Å²) >= 11 is 0. The summed E-state index contributed by atoms with van der Waals surface area (Å²) in [6.07, 6.45) is 4.73. The van der Waals surface area contributed by atoms with Gasteiger partial charge in [-0.25, -0.2) is 15.0 Å². The fourth-order valence-electron chi connectivity index (χ4n) is 4.11. The fraction of sp³-hybridized carbons (Fsp3) is 0.375. The normalized spacial score (nSPS) is 14.5. The van der Waals surface area contributed by atoms with Crippen LogP contribution in [0, 0.1) is 6.92 Å². The number of rotatable bonds is 7. The summed E-state index contributed by atoms with van der Waals surface area (Å²) in [7, 11) is 1.66. The van der Waals surface area contributed by atoms with Gasteiger partial charge in [0.25, 0.3) is 0 Å². The summed E-state index contributed by atoms with van der Waals surface area (Å²) in [5.41, 5.74) is 6.37. The van der Waals surface area contributed by atoms with Crippen molar-refractivity contribution in [2.75, 3.05) is 55.6 Å². The zero-order valence-corrected chi connectivity index (χ0v) is 18.9. The Bertz CT molecular complexity index is 1120. The molecule has 3 aromatic rings. The maximum Gasteiger partial charge on any atom is 0.237 e. The fourth-order valence-corrected chi connectivity index (χ4v) is 4.11. The zero-order valence-electron chi connectivity index (χ0n) is 18.9. The van der Waals surface area contributed by atoms with Crippen molar-refractivity contribution >= 4 is 23.0 Å². The minimum atomic E-state index is 0.524. The van der Waals surface area contributed by atoms with E-state index < -0.39 is 0 Å².